The number of amides is 2. The van der Waals surface area contributed by atoms with Crippen molar-refractivity contribution in [2.45, 2.75) is 13.3 Å². The van der Waals surface area contributed by atoms with Gasteiger partial charge in [0, 0.05) is 11.1 Å². The van der Waals surface area contributed by atoms with Crippen molar-refractivity contribution < 1.29 is 9.59 Å². The van der Waals surface area contributed by atoms with Gasteiger partial charge in [-0.3, -0.25) is 14.7 Å². The van der Waals surface area contributed by atoms with E-state index in [0.717, 1.165) is 23.1 Å². The number of aromatic nitrogens is 2. The molecule has 0 saturated heterocycles. The number of para-hydroxylation sites is 1. The predicted octanol–water partition coefficient (Wildman–Crippen LogP) is 2.49. The molecule has 1 aromatic heterocycles. The third kappa shape index (κ3) is 3.43. The molecule has 3 aromatic rings. The van der Waals surface area contributed by atoms with Crippen molar-refractivity contribution in [1.82, 2.24) is 15.5 Å². The van der Waals surface area contributed by atoms with Gasteiger partial charge in [0.15, 0.2) is 0 Å². The van der Waals surface area contributed by atoms with Crippen molar-refractivity contribution in [3.63, 3.8) is 0 Å². The summed E-state index contributed by atoms with van der Waals surface area (Å²) in [5, 5.41) is 13.0. The van der Waals surface area contributed by atoms with Gasteiger partial charge in [-0.15, -0.1) is 0 Å². The van der Waals surface area contributed by atoms with Gasteiger partial charge < -0.3 is 10.6 Å². The van der Waals surface area contributed by atoms with Gasteiger partial charge in [-0.25, -0.2) is 0 Å². The number of rotatable bonds is 5. The van der Waals surface area contributed by atoms with Crippen molar-refractivity contribution in [3.8, 4) is 0 Å². The second-order valence-corrected chi connectivity index (χ2v) is 5.42. The highest BCUT2D eigenvalue weighted by Crippen LogP contribution is 2.15. The fraction of sp³-hybridized carbons (Fsp3) is 0.167. The Morgan fingerprint density at radius 2 is 2.00 bits per heavy atom. The maximum absolute atomic E-state index is 12.3. The fourth-order valence-electron chi connectivity index (χ4n) is 2.49. The number of nitrogens with one attached hydrogen (secondary N) is 3. The van der Waals surface area contributed by atoms with Crippen molar-refractivity contribution in [1.29, 1.82) is 0 Å². The molecule has 2 amide bonds. The number of H-pyrrole nitrogens is 1. The lowest BCUT2D eigenvalue weighted by Crippen LogP contribution is -2.33. The van der Waals surface area contributed by atoms with Crippen molar-refractivity contribution >= 4 is 28.4 Å². The monoisotopic (exact) mass is 322 g/mol. The first-order chi connectivity index (χ1) is 11.7. The molecule has 3 rings (SSSR count). The van der Waals surface area contributed by atoms with Gasteiger partial charge in [-0.05, 0) is 30.2 Å². The van der Waals surface area contributed by atoms with E-state index >= 15 is 0 Å². The maximum atomic E-state index is 12.3. The first-order valence-corrected chi connectivity index (χ1v) is 7.76. The Balaban J connectivity index is 1.61. The Morgan fingerprint density at radius 1 is 1.17 bits per heavy atom. The van der Waals surface area contributed by atoms with Gasteiger partial charge in [0.25, 0.3) is 5.91 Å². The molecule has 6 heteroatoms. The molecule has 6 nitrogen and oxygen atoms in total. The van der Waals surface area contributed by atoms with Crippen LogP contribution in [-0.2, 0) is 11.2 Å². The highest BCUT2D eigenvalue weighted by molar-refractivity contribution is 6.06. The van der Waals surface area contributed by atoms with Crippen LogP contribution >= 0.6 is 0 Å². The Labute approximate surface area is 139 Å². The average molecular weight is 322 g/mol. The number of anilines is 1. The quantitative estimate of drug-likeness (QED) is 0.674. The summed E-state index contributed by atoms with van der Waals surface area (Å²) in [7, 11) is 0. The first-order valence-electron chi connectivity index (χ1n) is 7.76. The number of nitrogens with zero attached hydrogens (tertiary/aromatic N) is 1. The Bertz CT molecular complexity index is 885. The van der Waals surface area contributed by atoms with Crippen LogP contribution < -0.4 is 10.6 Å². The predicted molar refractivity (Wildman–Crippen MR) is 92.9 cm³/mol. The number of aryl methyl sites for hydroxylation is 1. The number of fused-ring (bicyclic) bond motifs is 1. The van der Waals surface area contributed by atoms with Crippen LogP contribution in [0.15, 0.2) is 48.7 Å². The fourth-order valence-corrected chi connectivity index (χ4v) is 2.49. The molecule has 1 heterocycles. The molecule has 0 bridgehead atoms. The minimum atomic E-state index is -0.317. The molecule has 0 aliphatic rings. The zero-order valence-corrected chi connectivity index (χ0v) is 13.3. The number of hydrogen-bond donors (Lipinski definition) is 3. The van der Waals surface area contributed by atoms with Crippen LogP contribution in [0, 0.1) is 0 Å². The van der Waals surface area contributed by atoms with Crippen LogP contribution in [0.25, 0.3) is 10.9 Å². The lowest BCUT2D eigenvalue weighted by Gasteiger charge is -2.08. The van der Waals surface area contributed by atoms with E-state index < -0.39 is 0 Å². The topological polar surface area (TPSA) is 86.9 Å². The van der Waals surface area contributed by atoms with E-state index in [9.17, 15) is 9.59 Å². The molecular weight excluding hydrogens is 304 g/mol. The molecule has 0 aliphatic heterocycles. The number of aromatic amines is 1. The SMILES string of the molecule is CCc1cccc(NC(=O)CNC(=O)c2cccc3cn[nH]c23)c1. The largest absolute Gasteiger partial charge is 0.343 e. The summed E-state index contributed by atoms with van der Waals surface area (Å²) >= 11 is 0. The van der Waals surface area contributed by atoms with Crippen LogP contribution in [-0.4, -0.2) is 28.6 Å². The van der Waals surface area contributed by atoms with Crippen molar-refractivity contribution in [2.75, 3.05) is 11.9 Å². The molecule has 0 radical (unpaired) electrons. The summed E-state index contributed by atoms with van der Waals surface area (Å²) in [5.74, 6) is -0.587. The highest BCUT2D eigenvalue weighted by atomic mass is 16.2. The van der Waals surface area contributed by atoms with E-state index in [2.05, 4.69) is 27.8 Å². The number of carbonyl (C=O) groups excluding carboxylic acids is 2. The van der Waals surface area contributed by atoms with E-state index in [1.165, 1.54) is 0 Å². The maximum Gasteiger partial charge on any atom is 0.253 e. The summed E-state index contributed by atoms with van der Waals surface area (Å²) in [6.07, 6.45) is 2.55. The van der Waals surface area contributed by atoms with Crippen LogP contribution in [0.5, 0.6) is 0 Å². The van der Waals surface area contributed by atoms with Crippen LogP contribution in [0.4, 0.5) is 5.69 Å². The zero-order chi connectivity index (χ0) is 16.9. The van der Waals surface area contributed by atoms with Crippen molar-refractivity contribution in [2.24, 2.45) is 0 Å². The van der Waals surface area contributed by atoms with Gasteiger partial charge in [0.1, 0.15) is 0 Å². The highest BCUT2D eigenvalue weighted by Gasteiger charge is 2.12. The average Bonchev–Trinajstić information content (AvgIpc) is 3.08. The number of benzene rings is 2. The minimum absolute atomic E-state index is 0.0975. The van der Waals surface area contributed by atoms with E-state index in [-0.39, 0.29) is 18.4 Å². The van der Waals surface area contributed by atoms with E-state index in [4.69, 9.17) is 0 Å². The molecule has 0 aliphatic carbocycles. The Morgan fingerprint density at radius 3 is 2.83 bits per heavy atom. The molecule has 0 fully saturated rings. The smallest absolute Gasteiger partial charge is 0.253 e. The Hall–Kier alpha value is -3.15. The van der Waals surface area contributed by atoms with Gasteiger partial charge in [-0.1, -0.05) is 31.2 Å². The van der Waals surface area contributed by atoms with Gasteiger partial charge in [0.2, 0.25) is 5.91 Å². The van der Waals surface area contributed by atoms with E-state index in [0.29, 0.717) is 11.1 Å². The summed E-state index contributed by atoms with van der Waals surface area (Å²) in [4.78, 5) is 24.3. The molecule has 3 N–H and O–H groups in total. The van der Waals surface area contributed by atoms with Gasteiger partial charge in [0.05, 0.1) is 23.8 Å². The Kier molecular flexibility index (Phi) is 4.56. The molecule has 2 aromatic carbocycles. The minimum Gasteiger partial charge on any atom is -0.343 e. The zero-order valence-electron chi connectivity index (χ0n) is 13.3. The number of hydrogen-bond acceptors (Lipinski definition) is 3. The molecular formula is C18H18N4O2. The van der Waals surface area contributed by atoms with Crippen LogP contribution in [0.3, 0.4) is 0 Å². The summed E-state index contributed by atoms with van der Waals surface area (Å²) in [6.45, 7) is 1.96. The van der Waals surface area contributed by atoms with E-state index in [1.54, 1.807) is 18.3 Å². The molecule has 0 unspecified atom stereocenters. The second kappa shape index (κ2) is 6.95. The van der Waals surface area contributed by atoms with E-state index in [1.807, 2.05) is 30.3 Å². The summed E-state index contributed by atoms with van der Waals surface area (Å²) < 4.78 is 0. The number of carbonyl (C=O) groups is 2. The molecule has 0 saturated carbocycles. The lowest BCUT2D eigenvalue weighted by atomic mass is 10.1. The molecule has 0 spiro atoms. The third-order valence-electron chi connectivity index (χ3n) is 3.75. The third-order valence-corrected chi connectivity index (χ3v) is 3.75. The summed E-state index contributed by atoms with van der Waals surface area (Å²) in [6, 6.07) is 13.0. The lowest BCUT2D eigenvalue weighted by molar-refractivity contribution is -0.115. The second-order valence-electron chi connectivity index (χ2n) is 5.42. The van der Waals surface area contributed by atoms with Gasteiger partial charge >= 0.3 is 0 Å². The van der Waals surface area contributed by atoms with Gasteiger partial charge in [-0.2, -0.15) is 5.10 Å². The van der Waals surface area contributed by atoms with Crippen LogP contribution in [0.2, 0.25) is 0 Å². The normalized spacial score (nSPS) is 10.5. The van der Waals surface area contributed by atoms with Crippen LogP contribution in [0.1, 0.15) is 22.8 Å². The molecule has 24 heavy (non-hydrogen) atoms. The molecule has 0 atom stereocenters. The first kappa shape index (κ1) is 15.7. The standard InChI is InChI=1S/C18H18N4O2/c1-2-12-5-3-7-14(9-12)21-16(23)11-19-18(24)15-8-4-6-13-10-20-22-17(13)15/h3-10H,2,11H2,1H3,(H,19,24)(H,20,22)(H,21,23). The molecule has 122 valence electrons. The summed E-state index contributed by atoms with van der Waals surface area (Å²) in [5.41, 5.74) is 2.99. The van der Waals surface area contributed by atoms with Crippen molar-refractivity contribution in [3.05, 3.63) is 59.8 Å².